The van der Waals surface area contributed by atoms with Crippen molar-refractivity contribution in [1.82, 2.24) is 4.98 Å². The highest BCUT2D eigenvalue weighted by Gasteiger charge is 2.14. The molecule has 0 bridgehead atoms. The van der Waals surface area contributed by atoms with E-state index in [2.05, 4.69) is 30.7 Å². The van der Waals surface area contributed by atoms with Gasteiger partial charge in [-0.2, -0.15) is 0 Å². The van der Waals surface area contributed by atoms with E-state index < -0.39 is 0 Å². The lowest BCUT2D eigenvalue weighted by Crippen LogP contribution is -2.29. The summed E-state index contributed by atoms with van der Waals surface area (Å²) in [5.41, 5.74) is 0.263. The first-order valence-corrected chi connectivity index (χ1v) is 5.10. The van der Waals surface area contributed by atoms with Crippen molar-refractivity contribution in [1.29, 1.82) is 0 Å². The van der Waals surface area contributed by atoms with Gasteiger partial charge in [-0.3, -0.25) is 0 Å². The molecule has 1 heterocycles. The third kappa shape index (κ3) is 3.54. The summed E-state index contributed by atoms with van der Waals surface area (Å²) in [5, 5.41) is 0.545. The van der Waals surface area contributed by atoms with E-state index in [-0.39, 0.29) is 5.41 Å². The predicted molar refractivity (Wildman–Crippen MR) is 62.0 cm³/mol. The van der Waals surface area contributed by atoms with Crippen molar-refractivity contribution >= 4 is 17.4 Å². The lowest BCUT2D eigenvalue weighted by molar-refractivity contribution is 0.418. The average Bonchev–Trinajstić information content (AvgIpc) is 2.01. The van der Waals surface area contributed by atoms with Gasteiger partial charge in [-0.15, -0.1) is 0 Å². The van der Waals surface area contributed by atoms with Crippen molar-refractivity contribution < 1.29 is 0 Å². The van der Waals surface area contributed by atoms with Crippen LogP contribution in [0.4, 0.5) is 5.82 Å². The molecule has 0 unspecified atom stereocenters. The maximum Gasteiger partial charge on any atom is 0.131 e. The Morgan fingerprint density at radius 1 is 1.36 bits per heavy atom. The fourth-order valence-corrected chi connectivity index (χ4v) is 1.56. The highest BCUT2D eigenvalue weighted by molar-refractivity contribution is 6.29. The van der Waals surface area contributed by atoms with E-state index in [9.17, 15) is 0 Å². The van der Waals surface area contributed by atoms with Crippen LogP contribution in [-0.2, 0) is 0 Å². The van der Waals surface area contributed by atoms with Gasteiger partial charge in [0.05, 0.1) is 0 Å². The largest absolute Gasteiger partial charge is 0.359 e. The molecule has 0 aromatic carbocycles. The van der Waals surface area contributed by atoms with E-state index in [1.165, 1.54) is 0 Å². The molecule has 0 aliphatic rings. The lowest BCUT2D eigenvalue weighted by Gasteiger charge is -2.27. The van der Waals surface area contributed by atoms with Crippen LogP contribution in [0.1, 0.15) is 20.8 Å². The average molecular weight is 213 g/mol. The predicted octanol–water partition coefficient (Wildman–Crippen LogP) is 3.22. The van der Waals surface area contributed by atoms with E-state index in [1.54, 1.807) is 6.07 Å². The number of anilines is 1. The van der Waals surface area contributed by atoms with Gasteiger partial charge in [0.15, 0.2) is 0 Å². The van der Waals surface area contributed by atoms with Crippen molar-refractivity contribution in [2.45, 2.75) is 20.8 Å². The van der Waals surface area contributed by atoms with Gasteiger partial charge in [-0.1, -0.05) is 38.4 Å². The Bertz CT molecular complexity index is 304. The number of nitrogens with zero attached hydrogens (tertiary/aromatic N) is 2. The minimum absolute atomic E-state index is 0.263. The molecule has 0 fully saturated rings. The first-order valence-electron chi connectivity index (χ1n) is 4.72. The minimum Gasteiger partial charge on any atom is -0.359 e. The van der Waals surface area contributed by atoms with Crippen LogP contribution in [0.3, 0.4) is 0 Å². The zero-order valence-electron chi connectivity index (χ0n) is 9.21. The van der Waals surface area contributed by atoms with Crippen molar-refractivity contribution in [3.63, 3.8) is 0 Å². The second kappa shape index (κ2) is 4.18. The summed E-state index contributed by atoms with van der Waals surface area (Å²) < 4.78 is 0. The first kappa shape index (κ1) is 11.3. The number of rotatable bonds is 2. The number of aromatic nitrogens is 1. The topological polar surface area (TPSA) is 16.1 Å². The molecule has 14 heavy (non-hydrogen) atoms. The monoisotopic (exact) mass is 212 g/mol. The molecule has 0 saturated carbocycles. The Morgan fingerprint density at radius 2 is 2.00 bits per heavy atom. The second-order valence-electron chi connectivity index (χ2n) is 4.74. The van der Waals surface area contributed by atoms with Crippen LogP contribution < -0.4 is 4.90 Å². The Labute approximate surface area is 90.9 Å². The molecule has 3 heteroatoms. The fraction of sp³-hybridized carbons (Fsp3) is 0.545. The van der Waals surface area contributed by atoms with Crippen LogP contribution in [0.25, 0.3) is 0 Å². The molecular formula is C11H17ClN2. The lowest BCUT2D eigenvalue weighted by atomic mass is 9.96. The van der Waals surface area contributed by atoms with Crippen molar-refractivity contribution in [3.8, 4) is 0 Å². The van der Waals surface area contributed by atoms with E-state index in [1.807, 2.05) is 19.2 Å². The van der Waals surface area contributed by atoms with Crippen molar-refractivity contribution in [3.05, 3.63) is 23.4 Å². The quantitative estimate of drug-likeness (QED) is 0.700. The third-order valence-electron chi connectivity index (χ3n) is 1.80. The SMILES string of the molecule is CN(CC(C)(C)C)c1cccc(Cl)n1. The van der Waals surface area contributed by atoms with Gasteiger partial charge < -0.3 is 4.90 Å². The zero-order chi connectivity index (χ0) is 10.8. The third-order valence-corrected chi connectivity index (χ3v) is 2.01. The first-order chi connectivity index (χ1) is 6.38. The molecule has 0 aliphatic carbocycles. The molecule has 2 nitrogen and oxygen atoms in total. The maximum absolute atomic E-state index is 5.82. The Kier molecular flexibility index (Phi) is 3.38. The summed E-state index contributed by atoms with van der Waals surface area (Å²) in [6, 6.07) is 5.68. The second-order valence-corrected chi connectivity index (χ2v) is 5.12. The van der Waals surface area contributed by atoms with Crippen LogP contribution in [0.2, 0.25) is 5.15 Å². The van der Waals surface area contributed by atoms with E-state index in [0.717, 1.165) is 12.4 Å². The summed E-state index contributed by atoms with van der Waals surface area (Å²) in [7, 11) is 2.03. The van der Waals surface area contributed by atoms with Crippen LogP contribution in [0.5, 0.6) is 0 Å². The van der Waals surface area contributed by atoms with Crippen molar-refractivity contribution in [2.75, 3.05) is 18.5 Å². The molecule has 0 amide bonds. The summed E-state index contributed by atoms with van der Waals surface area (Å²) in [6.07, 6.45) is 0. The van der Waals surface area contributed by atoms with Gasteiger partial charge in [0.25, 0.3) is 0 Å². The molecule has 0 aliphatic heterocycles. The molecule has 0 N–H and O–H groups in total. The maximum atomic E-state index is 5.82. The number of halogens is 1. The normalized spacial score (nSPS) is 11.5. The highest BCUT2D eigenvalue weighted by Crippen LogP contribution is 2.19. The van der Waals surface area contributed by atoms with Crippen LogP contribution in [0.15, 0.2) is 18.2 Å². The molecule has 0 radical (unpaired) electrons. The van der Waals surface area contributed by atoms with Gasteiger partial charge in [-0.25, -0.2) is 4.98 Å². The zero-order valence-corrected chi connectivity index (χ0v) is 9.97. The standard InChI is InChI=1S/C11H17ClN2/c1-11(2,3)8-14(4)10-7-5-6-9(12)13-10/h5-7H,8H2,1-4H3. The summed E-state index contributed by atoms with van der Waals surface area (Å²) in [4.78, 5) is 6.37. The Hall–Kier alpha value is -0.760. The van der Waals surface area contributed by atoms with Gasteiger partial charge >= 0.3 is 0 Å². The Morgan fingerprint density at radius 3 is 2.50 bits per heavy atom. The number of hydrogen-bond acceptors (Lipinski definition) is 2. The van der Waals surface area contributed by atoms with E-state index in [0.29, 0.717) is 5.15 Å². The van der Waals surface area contributed by atoms with Gasteiger partial charge in [0, 0.05) is 13.6 Å². The van der Waals surface area contributed by atoms with Crippen LogP contribution in [0, 0.1) is 5.41 Å². The molecule has 1 aromatic rings. The van der Waals surface area contributed by atoms with Crippen LogP contribution >= 0.6 is 11.6 Å². The summed E-state index contributed by atoms with van der Waals surface area (Å²) in [5.74, 6) is 0.924. The molecule has 1 aromatic heterocycles. The molecular weight excluding hydrogens is 196 g/mol. The van der Waals surface area contributed by atoms with Crippen molar-refractivity contribution in [2.24, 2.45) is 5.41 Å². The summed E-state index contributed by atoms with van der Waals surface area (Å²) >= 11 is 5.82. The number of pyridine rings is 1. The van der Waals surface area contributed by atoms with Crippen LogP contribution in [-0.4, -0.2) is 18.6 Å². The Balaban J connectivity index is 2.74. The molecule has 1 rings (SSSR count). The van der Waals surface area contributed by atoms with Gasteiger partial charge in [0.2, 0.25) is 0 Å². The number of hydrogen-bond donors (Lipinski definition) is 0. The minimum atomic E-state index is 0.263. The van der Waals surface area contributed by atoms with E-state index in [4.69, 9.17) is 11.6 Å². The highest BCUT2D eigenvalue weighted by atomic mass is 35.5. The van der Waals surface area contributed by atoms with Gasteiger partial charge in [-0.05, 0) is 17.5 Å². The van der Waals surface area contributed by atoms with E-state index >= 15 is 0 Å². The van der Waals surface area contributed by atoms with Gasteiger partial charge in [0.1, 0.15) is 11.0 Å². The summed E-state index contributed by atoms with van der Waals surface area (Å²) in [6.45, 7) is 7.57. The fourth-order valence-electron chi connectivity index (χ4n) is 1.40. The smallest absolute Gasteiger partial charge is 0.131 e. The molecule has 0 saturated heterocycles. The molecule has 78 valence electrons. The molecule has 0 atom stereocenters. The molecule has 0 spiro atoms.